The number of carboxylic acid groups (broad SMARTS) is 1. The molecule has 0 bridgehead atoms. The molecule has 2 N–H and O–H groups in total. The van der Waals surface area contributed by atoms with E-state index < -0.39 is 11.9 Å². The number of esters is 1. The van der Waals surface area contributed by atoms with Crippen molar-refractivity contribution in [3.05, 3.63) is 42.6 Å². The predicted octanol–water partition coefficient (Wildman–Crippen LogP) is 2.99. The van der Waals surface area contributed by atoms with Crippen molar-refractivity contribution in [3.63, 3.8) is 0 Å². The highest BCUT2D eigenvalue weighted by atomic mass is 16.5. The number of hydrogen-bond donors (Lipinski definition) is 2. The number of carbonyl (C=O) groups excluding carboxylic acids is 1. The highest BCUT2D eigenvalue weighted by Gasteiger charge is 2.14. The van der Waals surface area contributed by atoms with Gasteiger partial charge in [-0.1, -0.05) is 19.1 Å². The molecule has 0 atom stereocenters. The van der Waals surface area contributed by atoms with Crippen molar-refractivity contribution in [2.75, 3.05) is 19.6 Å². The Morgan fingerprint density at radius 1 is 1.36 bits per heavy atom. The second-order valence-electron chi connectivity index (χ2n) is 5.79. The smallest absolute Gasteiger partial charge is 0.311 e. The number of aromatic nitrogens is 1. The molecule has 0 radical (unpaired) electrons. The molecule has 2 aromatic rings. The number of H-pyrrole nitrogens is 1. The summed E-state index contributed by atoms with van der Waals surface area (Å²) in [7, 11) is 0. The van der Waals surface area contributed by atoms with Gasteiger partial charge in [0.15, 0.2) is 0 Å². The Bertz CT molecular complexity index is 751. The molecule has 0 amide bonds. The maximum absolute atomic E-state index is 11.9. The lowest BCUT2D eigenvalue weighted by Gasteiger charge is -2.18. The van der Waals surface area contributed by atoms with E-state index >= 15 is 0 Å². The van der Waals surface area contributed by atoms with Gasteiger partial charge in [-0.15, -0.1) is 6.58 Å². The van der Waals surface area contributed by atoms with E-state index in [-0.39, 0.29) is 12.8 Å². The fourth-order valence-electron chi connectivity index (χ4n) is 2.72. The summed E-state index contributed by atoms with van der Waals surface area (Å²) >= 11 is 0. The van der Waals surface area contributed by atoms with E-state index in [1.807, 2.05) is 18.3 Å². The van der Waals surface area contributed by atoms with Gasteiger partial charge >= 0.3 is 11.9 Å². The van der Waals surface area contributed by atoms with Gasteiger partial charge in [0.05, 0.1) is 12.8 Å². The fraction of sp³-hybridized carbons (Fsp3) is 0.368. The first kappa shape index (κ1) is 18.7. The van der Waals surface area contributed by atoms with E-state index in [2.05, 4.69) is 23.4 Å². The van der Waals surface area contributed by atoms with Crippen LogP contribution >= 0.6 is 0 Å². The molecule has 1 aromatic carbocycles. The number of likely N-dealkylation sites (N-methyl/N-ethyl adjacent to an activating group) is 1. The monoisotopic (exact) mass is 344 g/mol. The number of rotatable bonds is 10. The summed E-state index contributed by atoms with van der Waals surface area (Å²) in [6.45, 7) is 8.52. The van der Waals surface area contributed by atoms with Crippen LogP contribution in [-0.4, -0.2) is 46.6 Å². The zero-order valence-electron chi connectivity index (χ0n) is 14.5. The van der Waals surface area contributed by atoms with Crippen LogP contribution < -0.4 is 4.74 Å². The normalized spacial score (nSPS) is 11.0. The molecule has 1 heterocycles. The zero-order valence-corrected chi connectivity index (χ0v) is 14.5. The molecule has 1 aromatic heterocycles. The van der Waals surface area contributed by atoms with Gasteiger partial charge in [0.25, 0.3) is 0 Å². The van der Waals surface area contributed by atoms with Gasteiger partial charge in [-0.2, -0.15) is 0 Å². The van der Waals surface area contributed by atoms with Crippen molar-refractivity contribution in [1.82, 2.24) is 9.88 Å². The van der Waals surface area contributed by atoms with Crippen molar-refractivity contribution in [1.29, 1.82) is 0 Å². The number of aromatic amines is 1. The van der Waals surface area contributed by atoms with E-state index in [9.17, 15) is 9.59 Å². The molecule has 6 heteroatoms. The quantitative estimate of drug-likeness (QED) is 0.393. The van der Waals surface area contributed by atoms with E-state index in [0.717, 1.165) is 42.5 Å². The van der Waals surface area contributed by atoms with Gasteiger partial charge in [-0.25, -0.2) is 0 Å². The average molecular weight is 344 g/mol. The molecule has 0 saturated heterocycles. The van der Waals surface area contributed by atoms with Crippen molar-refractivity contribution < 1.29 is 19.4 Å². The van der Waals surface area contributed by atoms with Crippen molar-refractivity contribution in [3.8, 4) is 5.75 Å². The number of carbonyl (C=O) groups is 2. The summed E-state index contributed by atoms with van der Waals surface area (Å²) in [5, 5.41) is 9.55. The Morgan fingerprint density at radius 2 is 2.16 bits per heavy atom. The molecule has 134 valence electrons. The summed E-state index contributed by atoms with van der Waals surface area (Å²) < 4.78 is 5.41. The van der Waals surface area contributed by atoms with Crippen molar-refractivity contribution in [2.45, 2.75) is 26.2 Å². The minimum atomic E-state index is -1.01. The molecule has 0 unspecified atom stereocenters. The maximum atomic E-state index is 11.9. The number of nitrogens with one attached hydrogen (secondary N) is 1. The fourth-order valence-corrected chi connectivity index (χ4v) is 2.72. The predicted molar refractivity (Wildman–Crippen MR) is 96.8 cm³/mol. The molecular weight excluding hydrogens is 320 g/mol. The number of nitrogens with zero attached hydrogens (tertiary/aromatic N) is 1. The van der Waals surface area contributed by atoms with Gasteiger partial charge in [0.2, 0.25) is 0 Å². The molecule has 0 aliphatic heterocycles. The summed E-state index contributed by atoms with van der Waals surface area (Å²) in [6.07, 6.45) is 4.25. The van der Waals surface area contributed by atoms with Gasteiger partial charge in [-0.3, -0.25) is 14.5 Å². The molecule has 0 aliphatic carbocycles. The van der Waals surface area contributed by atoms with Crippen LogP contribution in [0.1, 0.15) is 25.3 Å². The van der Waals surface area contributed by atoms with Crippen LogP contribution in [0.3, 0.4) is 0 Å². The summed E-state index contributed by atoms with van der Waals surface area (Å²) in [5.74, 6) is -1.08. The first-order valence-corrected chi connectivity index (χ1v) is 8.39. The highest BCUT2D eigenvalue weighted by molar-refractivity contribution is 5.91. The molecule has 0 fully saturated rings. The van der Waals surface area contributed by atoms with Gasteiger partial charge in [0.1, 0.15) is 5.75 Å². The molecule has 0 spiro atoms. The molecule has 6 nitrogen and oxygen atoms in total. The Morgan fingerprint density at radius 3 is 2.84 bits per heavy atom. The lowest BCUT2D eigenvalue weighted by atomic mass is 10.1. The van der Waals surface area contributed by atoms with Gasteiger partial charge in [-0.05, 0) is 30.7 Å². The number of fused-ring (bicyclic) bond motifs is 1. The Labute approximate surface area is 147 Å². The van der Waals surface area contributed by atoms with Crippen LogP contribution in [0.5, 0.6) is 5.75 Å². The maximum Gasteiger partial charge on any atom is 0.311 e. The molecule has 25 heavy (non-hydrogen) atoms. The third-order valence-electron chi connectivity index (χ3n) is 4.05. The largest absolute Gasteiger partial charge is 0.481 e. The van der Waals surface area contributed by atoms with Crippen LogP contribution in [0.15, 0.2) is 37.1 Å². The first-order valence-electron chi connectivity index (χ1n) is 8.39. The first-order chi connectivity index (χ1) is 12.0. The van der Waals surface area contributed by atoms with Crippen molar-refractivity contribution in [2.24, 2.45) is 0 Å². The third kappa shape index (κ3) is 5.19. The Hall–Kier alpha value is -2.60. The zero-order chi connectivity index (χ0) is 18.2. The number of hydrogen-bond acceptors (Lipinski definition) is 4. The minimum absolute atomic E-state index is 0.144. The van der Waals surface area contributed by atoms with Crippen LogP contribution in [-0.2, 0) is 16.0 Å². The third-order valence-corrected chi connectivity index (χ3v) is 4.05. The van der Waals surface area contributed by atoms with Gasteiger partial charge < -0.3 is 14.8 Å². The standard InChI is InChI=1S/C19H24N2O4/c1-3-11-21(4-2)12-10-14-13-20-15-6-5-7-16(19(14)15)25-18(24)9-8-17(22)23/h3,5-7,13,20H,1,4,8-12H2,2H3,(H,22,23). The summed E-state index contributed by atoms with van der Waals surface area (Å²) in [4.78, 5) is 27.9. The van der Waals surface area contributed by atoms with E-state index in [1.54, 1.807) is 12.1 Å². The molecule has 0 aliphatic rings. The van der Waals surface area contributed by atoms with Crippen LogP contribution in [0.2, 0.25) is 0 Å². The highest BCUT2D eigenvalue weighted by Crippen LogP contribution is 2.29. The Kier molecular flexibility index (Phi) is 6.77. The topological polar surface area (TPSA) is 82.6 Å². The van der Waals surface area contributed by atoms with Crippen LogP contribution in [0.25, 0.3) is 10.9 Å². The minimum Gasteiger partial charge on any atom is -0.481 e. The number of aliphatic carboxylic acids is 1. The SMILES string of the molecule is C=CCN(CC)CCc1c[nH]c2cccc(OC(=O)CCC(=O)O)c12. The van der Waals surface area contributed by atoms with E-state index in [1.165, 1.54) is 0 Å². The Balaban J connectivity index is 2.15. The second-order valence-corrected chi connectivity index (χ2v) is 5.79. The number of carboxylic acids is 1. The van der Waals surface area contributed by atoms with E-state index in [0.29, 0.717) is 5.75 Å². The molecule has 0 saturated carbocycles. The average Bonchev–Trinajstić information content (AvgIpc) is 3.01. The lowest BCUT2D eigenvalue weighted by molar-refractivity contribution is -0.142. The lowest BCUT2D eigenvalue weighted by Crippen LogP contribution is -2.25. The second kappa shape index (κ2) is 9.03. The van der Waals surface area contributed by atoms with Gasteiger partial charge in [0, 0.05) is 30.2 Å². The van der Waals surface area contributed by atoms with Crippen LogP contribution in [0.4, 0.5) is 0 Å². The van der Waals surface area contributed by atoms with E-state index in [4.69, 9.17) is 9.84 Å². The number of benzene rings is 1. The van der Waals surface area contributed by atoms with Crippen molar-refractivity contribution >= 4 is 22.8 Å². The number of ether oxygens (including phenoxy) is 1. The van der Waals surface area contributed by atoms with Crippen LogP contribution in [0, 0.1) is 0 Å². The summed E-state index contributed by atoms with van der Waals surface area (Å²) in [6, 6.07) is 5.47. The molecular formula is C19H24N2O4. The molecule has 2 rings (SSSR count). The summed E-state index contributed by atoms with van der Waals surface area (Å²) in [5.41, 5.74) is 1.96.